The number of hydrogen-bond acceptors (Lipinski definition) is 2. The molecule has 0 bridgehead atoms. The molecular formula is C16H21ClF2N2O. The first-order valence-electron chi connectivity index (χ1n) is 7.60. The molecule has 6 heteroatoms. The number of halogens is 3. The van der Waals surface area contributed by atoms with Gasteiger partial charge < -0.3 is 10.2 Å². The average Bonchev–Trinajstić information content (AvgIpc) is 2.91. The van der Waals surface area contributed by atoms with Gasteiger partial charge in [-0.1, -0.05) is 12.8 Å². The van der Waals surface area contributed by atoms with Crippen LogP contribution in [0.5, 0.6) is 0 Å². The van der Waals surface area contributed by atoms with E-state index < -0.39 is 11.6 Å². The maximum atomic E-state index is 13.9. The zero-order valence-electron chi connectivity index (χ0n) is 12.4. The summed E-state index contributed by atoms with van der Waals surface area (Å²) in [6, 6.07) is 3.60. The molecule has 0 aromatic heterocycles. The van der Waals surface area contributed by atoms with Gasteiger partial charge in [-0.15, -0.1) is 12.4 Å². The van der Waals surface area contributed by atoms with Crippen LogP contribution < -0.4 is 5.32 Å². The molecule has 0 unspecified atom stereocenters. The van der Waals surface area contributed by atoms with Crippen LogP contribution >= 0.6 is 12.4 Å². The van der Waals surface area contributed by atoms with E-state index in [1.807, 2.05) is 0 Å². The van der Waals surface area contributed by atoms with Gasteiger partial charge in [-0.3, -0.25) is 4.79 Å². The molecule has 22 heavy (non-hydrogen) atoms. The van der Waals surface area contributed by atoms with Crippen molar-refractivity contribution in [2.75, 3.05) is 13.1 Å². The highest BCUT2D eigenvalue weighted by molar-refractivity contribution is 5.85. The first-order valence-corrected chi connectivity index (χ1v) is 7.60. The molecule has 2 aliphatic rings. The van der Waals surface area contributed by atoms with Crippen molar-refractivity contribution in [1.82, 2.24) is 10.2 Å². The first kappa shape index (κ1) is 17.2. The Kier molecular flexibility index (Phi) is 5.75. The van der Waals surface area contributed by atoms with Gasteiger partial charge in [0.1, 0.15) is 11.6 Å². The van der Waals surface area contributed by atoms with Crippen LogP contribution in [0.15, 0.2) is 18.2 Å². The van der Waals surface area contributed by atoms with E-state index >= 15 is 0 Å². The van der Waals surface area contributed by atoms with E-state index in [2.05, 4.69) is 5.32 Å². The SMILES string of the molecule is Cl.O=C(C1CNC1)N(Cc1cc(F)ccc1F)C1CCCC1. The van der Waals surface area contributed by atoms with Crippen LogP contribution in [0.25, 0.3) is 0 Å². The van der Waals surface area contributed by atoms with Gasteiger partial charge in [-0.05, 0) is 31.0 Å². The highest BCUT2D eigenvalue weighted by Crippen LogP contribution is 2.27. The lowest BCUT2D eigenvalue weighted by Gasteiger charge is -2.36. The van der Waals surface area contributed by atoms with Crippen molar-refractivity contribution in [3.8, 4) is 0 Å². The molecular weight excluding hydrogens is 310 g/mol. The molecule has 2 fully saturated rings. The van der Waals surface area contributed by atoms with E-state index in [1.54, 1.807) is 4.90 Å². The zero-order chi connectivity index (χ0) is 14.8. The normalized spacial score (nSPS) is 18.6. The highest BCUT2D eigenvalue weighted by atomic mass is 35.5. The second kappa shape index (κ2) is 7.38. The molecule has 1 amide bonds. The monoisotopic (exact) mass is 330 g/mol. The van der Waals surface area contributed by atoms with Crippen LogP contribution in [0.3, 0.4) is 0 Å². The Labute approximate surface area is 135 Å². The number of carbonyl (C=O) groups excluding carboxylic acids is 1. The molecule has 0 spiro atoms. The van der Waals surface area contributed by atoms with Gasteiger partial charge in [0.15, 0.2) is 0 Å². The molecule has 1 aliphatic heterocycles. The van der Waals surface area contributed by atoms with Gasteiger partial charge in [-0.2, -0.15) is 0 Å². The largest absolute Gasteiger partial charge is 0.335 e. The van der Waals surface area contributed by atoms with Gasteiger partial charge in [0.25, 0.3) is 0 Å². The number of nitrogens with zero attached hydrogens (tertiary/aromatic N) is 1. The second-order valence-corrected chi connectivity index (χ2v) is 6.00. The summed E-state index contributed by atoms with van der Waals surface area (Å²) in [5.41, 5.74) is 0.266. The number of carbonyl (C=O) groups is 1. The van der Waals surface area contributed by atoms with Crippen LogP contribution in [0.2, 0.25) is 0 Å². The molecule has 1 aromatic carbocycles. The molecule has 0 atom stereocenters. The Morgan fingerprint density at radius 2 is 1.91 bits per heavy atom. The Hall–Kier alpha value is -1.20. The van der Waals surface area contributed by atoms with E-state index in [4.69, 9.17) is 0 Å². The molecule has 0 radical (unpaired) electrons. The summed E-state index contributed by atoms with van der Waals surface area (Å²) >= 11 is 0. The summed E-state index contributed by atoms with van der Waals surface area (Å²) in [5.74, 6) is -0.846. The fourth-order valence-corrected chi connectivity index (χ4v) is 3.15. The quantitative estimate of drug-likeness (QED) is 0.920. The maximum absolute atomic E-state index is 13.9. The number of hydrogen-bond donors (Lipinski definition) is 1. The predicted molar refractivity (Wildman–Crippen MR) is 82.8 cm³/mol. The van der Waals surface area contributed by atoms with Gasteiger partial charge in [0, 0.05) is 31.2 Å². The van der Waals surface area contributed by atoms with Crippen molar-refractivity contribution in [2.24, 2.45) is 5.92 Å². The van der Waals surface area contributed by atoms with Gasteiger partial charge in [-0.25, -0.2) is 8.78 Å². The zero-order valence-corrected chi connectivity index (χ0v) is 13.2. The van der Waals surface area contributed by atoms with Crippen molar-refractivity contribution < 1.29 is 13.6 Å². The Bertz CT molecular complexity index is 531. The van der Waals surface area contributed by atoms with E-state index in [0.29, 0.717) is 13.1 Å². The Balaban J connectivity index is 0.00000176. The summed E-state index contributed by atoms with van der Waals surface area (Å²) in [4.78, 5) is 14.4. The number of nitrogens with one attached hydrogen (secondary N) is 1. The smallest absolute Gasteiger partial charge is 0.228 e. The lowest BCUT2D eigenvalue weighted by atomic mass is 9.99. The molecule has 1 saturated carbocycles. The fourth-order valence-electron chi connectivity index (χ4n) is 3.15. The van der Waals surface area contributed by atoms with Crippen molar-refractivity contribution in [3.63, 3.8) is 0 Å². The molecule has 1 aromatic rings. The Morgan fingerprint density at radius 3 is 2.50 bits per heavy atom. The molecule has 122 valence electrons. The lowest BCUT2D eigenvalue weighted by Crippen LogP contribution is -2.53. The number of rotatable bonds is 4. The molecule has 1 aliphatic carbocycles. The highest BCUT2D eigenvalue weighted by Gasteiger charge is 2.34. The third kappa shape index (κ3) is 3.58. The molecule has 1 saturated heterocycles. The first-order chi connectivity index (χ1) is 10.1. The standard InChI is InChI=1S/C16H20F2N2O.ClH/c17-13-5-6-15(18)11(7-13)10-20(14-3-1-2-4-14)16(21)12-8-19-9-12;/h5-7,12,14,19H,1-4,8-10H2;1H. The summed E-state index contributed by atoms with van der Waals surface area (Å²) in [5, 5.41) is 3.09. The fraction of sp³-hybridized carbons (Fsp3) is 0.562. The summed E-state index contributed by atoms with van der Waals surface area (Å²) in [7, 11) is 0. The second-order valence-electron chi connectivity index (χ2n) is 6.00. The van der Waals surface area contributed by atoms with E-state index in [1.165, 1.54) is 6.07 Å². The Morgan fingerprint density at radius 1 is 1.23 bits per heavy atom. The minimum Gasteiger partial charge on any atom is -0.335 e. The minimum atomic E-state index is -0.462. The van der Waals surface area contributed by atoms with E-state index in [9.17, 15) is 13.6 Å². The third-order valence-electron chi connectivity index (χ3n) is 4.53. The van der Waals surface area contributed by atoms with Crippen molar-refractivity contribution in [2.45, 2.75) is 38.3 Å². The molecule has 1 heterocycles. The van der Waals surface area contributed by atoms with Crippen LogP contribution in [0, 0.1) is 17.6 Å². The third-order valence-corrected chi connectivity index (χ3v) is 4.53. The van der Waals surface area contributed by atoms with Crippen LogP contribution in [0.4, 0.5) is 8.78 Å². The number of benzene rings is 1. The summed E-state index contributed by atoms with van der Waals surface area (Å²) in [6.45, 7) is 1.55. The minimum absolute atomic E-state index is 0. The maximum Gasteiger partial charge on any atom is 0.228 e. The average molecular weight is 331 g/mol. The van der Waals surface area contributed by atoms with Gasteiger partial charge >= 0.3 is 0 Å². The van der Waals surface area contributed by atoms with Crippen molar-refractivity contribution >= 4 is 18.3 Å². The van der Waals surface area contributed by atoms with Gasteiger partial charge in [0.05, 0.1) is 5.92 Å². The van der Waals surface area contributed by atoms with Crippen molar-refractivity contribution in [3.05, 3.63) is 35.4 Å². The van der Waals surface area contributed by atoms with E-state index in [0.717, 1.165) is 37.8 Å². The lowest BCUT2D eigenvalue weighted by molar-refractivity contribution is -0.140. The molecule has 3 rings (SSSR count). The number of amides is 1. The van der Waals surface area contributed by atoms with Crippen LogP contribution in [-0.4, -0.2) is 29.9 Å². The predicted octanol–water partition coefficient (Wildman–Crippen LogP) is 2.88. The summed E-state index contributed by atoms with van der Waals surface area (Å²) < 4.78 is 27.2. The van der Waals surface area contributed by atoms with E-state index in [-0.39, 0.29) is 42.4 Å². The molecule has 1 N–H and O–H groups in total. The van der Waals surface area contributed by atoms with Crippen LogP contribution in [0.1, 0.15) is 31.2 Å². The van der Waals surface area contributed by atoms with Gasteiger partial charge in [0.2, 0.25) is 5.91 Å². The summed E-state index contributed by atoms with van der Waals surface area (Å²) in [6.07, 6.45) is 4.12. The van der Waals surface area contributed by atoms with Crippen molar-refractivity contribution in [1.29, 1.82) is 0 Å². The molecule has 3 nitrogen and oxygen atoms in total. The van der Waals surface area contributed by atoms with Crippen LogP contribution in [-0.2, 0) is 11.3 Å². The topological polar surface area (TPSA) is 32.3 Å².